The molecular weight excluding hydrogens is 438 g/mol. The molecule has 0 aliphatic heterocycles. The minimum absolute atomic E-state index is 0.108. The molecule has 0 unspecified atom stereocenters. The van der Waals surface area contributed by atoms with Crippen LogP contribution in [0.15, 0.2) is 48.8 Å². The molecule has 4 aromatic rings. The summed E-state index contributed by atoms with van der Waals surface area (Å²) in [5, 5.41) is 19.9. The summed E-state index contributed by atoms with van der Waals surface area (Å²) in [5.74, 6) is 1.29. The van der Waals surface area contributed by atoms with E-state index in [2.05, 4.69) is 30.7 Å². The molecular formula is C23H25N7O4. The Balaban J connectivity index is 1.54. The number of aliphatic hydroxyl groups is 1. The number of anilines is 2. The van der Waals surface area contributed by atoms with Crippen molar-refractivity contribution in [3.8, 4) is 22.8 Å². The Morgan fingerprint density at radius 2 is 1.94 bits per heavy atom. The van der Waals surface area contributed by atoms with Gasteiger partial charge in [-0.2, -0.15) is 4.98 Å². The number of rotatable bonds is 8. The van der Waals surface area contributed by atoms with Gasteiger partial charge in [-0.3, -0.25) is 4.79 Å². The van der Waals surface area contributed by atoms with Crippen LogP contribution in [0.3, 0.4) is 0 Å². The third-order valence-electron chi connectivity index (χ3n) is 4.81. The highest BCUT2D eigenvalue weighted by atomic mass is 16.5. The summed E-state index contributed by atoms with van der Waals surface area (Å²) in [6.45, 7) is 3.33. The molecule has 0 aliphatic rings. The maximum Gasteiger partial charge on any atom is 0.270 e. The van der Waals surface area contributed by atoms with Crippen LogP contribution in [-0.2, 0) is 0 Å². The van der Waals surface area contributed by atoms with Crippen molar-refractivity contribution >= 4 is 23.3 Å². The van der Waals surface area contributed by atoms with Gasteiger partial charge in [0.1, 0.15) is 11.5 Å². The van der Waals surface area contributed by atoms with Crippen LogP contribution in [0.1, 0.15) is 24.3 Å². The maximum atomic E-state index is 12.3. The first-order valence-electron chi connectivity index (χ1n) is 10.5. The molecule has 11 nitrogen and oxygen atoms in total. The summed E-state index contributed by atoms with van der Waals surface area (Å²) in [4.78, 5) is 25.4. The molecule has 0 aliphatic carbocycles. The molecule has 0 atom stereocenters. The topological polar surface area (TPSA) is 136 Å². The highest BCUT2D eigenvalue weighted by molar-refractivity contribution is 5.92. The fourth-order valence-corrected chi connectivity index (χ4v) is 3.14. The van der Waals surface area contributed by atoms with Gasteiger partial charge in [-0.25, -0.2) is 14.5 Å². The number of nitrogens with one attached hydrogen (secondary N) is 2. The highest BCUT2D eigenvalue weighted by Gasteiger charge is 2.16. The molecule has 0 spiro atoms. The monoisotopic (exact) mass is 463 g/mol. The van der Waals surface area contributed by atoms with Crippen LogP contribution in [0.4, 0.5) is 11.8 Å². The maximum absolute atomic E-state index is 12.3. The van der Waals surface area contributed by atoms with Gasteiger partial charge in [0.15, 0.2) is 11.4 Å². The van der Waals surface area contributed by atoms with Crippen molar-refractivity contribution in [2.45, 2.75) is 19.4 Å². The van der Waals surface area contributed by atoms with Crippen LogP contribution >= 0.6 is 0 Å². The first-order valence-corrected chi connectivity index (χ1v) is 10.5. The summed E-state index contributed by atoms with van der Waals surface area (Å²) >= 11 is 0. The number of pyridine rings is 3. The molecule has 0 saturated carbocycles. The minimum Gasteiger partial charge on any atom is -0.491 e. The van der Waals surface area contributed by atoms with Crippen LogP contribution in [0.25, 0.3) is 16.8 Å². The van der Waals surface area contributed by atoms with Gasteiger partial charge < -0.3 is 25.2 Å². The molecule has 4 heterocycles. The Morgan fingerprint density at radius 3 is 2.68 bits per heavy atom. The molecule has 0 saturated heterocycles. The SMILES string of the molecule is COc1cc(-c2ccn3nc(Nc4cccc(C(=O)NCC(C)(C)O)n4)nc3c2)cnc1OC. The second-order valence-electron chi connectivity index (χ2n) is 8.12. The van der Waals surface area contributed by atoms with E-state index in [1.807, 2.05) is 18.2 Å². The zero-order valence-corrected chi connectivity index (χ0v) is 19.2. The predicted molar refractivity (Wildman–Crippen MR) is 125 cm³/mol. The molecule has 34 heavy (non-hydrogen) atoms. The first-order chi connectivity index (χ1) is 16.3. The average molecular weight is 463 g/mol. The van der Waals surface area contributed by atoms with Gasteiger partial charge in [-0.05, 0) is 49.7 Å². The lowest BCUT2D eigenvalue weighted by Crippen LogP contribution is -2.38. The quantitative estimate of drug-likeness (QED) is 0.360. The van der Waals surface area contributed by atoms with E-state index in [1.165, 1.54) is 7.11 Å². The minimum atomic E-state index is -1.02. The Hall–Kier alpha value is -4.25. The normalized spacial score (nSPS) is 11.3. The van der Waals surface area contributed by atoms with Crippen molar-refractivity contribution < 1.29 is 19.4 Å². The van der Waals surface area contributed by atoms with Gasteiger partial charge in [0.25, 0.3) is 11.8 Å². The van der Waals surface area contributed by atoms with Gasteiger partial charge in [0.05, 0.1) is 19.8 Å². The smallest absolute Gasteiger partial charge is 0.270 e. The van der Waals surface area contributed by atoms with E-state index in [4.69, 9.17) is 9.47 Å². The Morgan fingerprint density at radius 1 is 1.12 bits per heavy atom. The fraction of sp³-hybridized carbons (Fsp3) is 0.261. The average Bonchev–Trinajstić information content (AvgIpc) is 3.23. The van der Waals surface area contributed by atoms with E-state index in [9.17, 15) is 9.90 Å². The Labute approximate surface area is 195 Å². The lowest BCUT2D eigenvalue weighted by molar-refractivity contribution is 0.0692. The van der Waals surface area contributed by atoms with E-state index in [1.54, 1.807) is 56.1 Å². The molecule has 0 radical (unpaired) electrons. The first kappa shape index (κ1) is 22.9. The zero-order chi connectivity index (χ0) is 24.3. The van der Waals surface area contributed by atoms with Gasteiger partial charge in [0, 0.05) is 24.5 Å². The number of nitrogens with zero attached hydrogens (tertiary/aromatic N) is 5. The lowest BCUT2D eigenvalue weighted by atomic mass is 10.1. The van der Waals surface area contributed by atoms with Crippen LogP contribution in [-0.4, -0.2) is 61.9 Å². The van der Waals surface area contributed by atoms with Crippen molar-refractivity contribution in [3.63, 3.8) is 0 Å². The van der Waals surface area contributed by atoms with Gasteiger partial charge in [0.2, 0.25) is 5.95 Å². The molecule has 0 fully saturated rings. The van der Waals surface area contributed by atoms with E-state index in [-0.39, 0.29) is 18.1 Å². The second kappa shape index (κ2) is 9.32. The Bertz CT molecular complexity index is 1330. The highest BCUT2D eigenvalue weighted by Crippen LogP contribution is 2.30. The summed E-state index contributed by atoms with van der Waals surface area (Å²) in [5.41, 5.74) is 1.51. The molecule has 0 aromatic carbocycles. The van der Waals surface area contributed by atoms with Gasteiger partial charge in [-0.1, -0.05) is 6.07 Å². The number of methoxy groups -OCH3 is 2. The summed E-state index contributed by atoms with van der Waals surface area (Å²) in [6.07, 6.45) is 3.48. The molecule has 4 rings (SSSR count). The van der Waals surface area contributed by atoms with Gasteiger partial charge in [-0.15, -0.1) is 5.10 Å². The third-order valence-corrected chi connectivity index (χ3v) is 4.81. The number of ether oxygens (including phenoxy) is 2. The molecule has 176 valence electrons. The predicted octanol–water partition coefficient (Wildman–Crippen LogP) is 2.45. The molecule has 4 aromatic heterocycles. The largest absolute Gasteiger partial charge is 0.491 e. The third kappa shape index (κ3) is 5.21. The number of carbonyl (C=O) groups is 1. The standard InChI is InChI=1S/C23H25N7O4/c1-23(2,32)13-25-20(31)16-6-5-7-18(26-16)27-22-28-19-11-14(8-9-30(19)29-22)15-10-17(33-3)21(34-4)24-12-15/h5-12,32H,13H2,1-4H3,(H,25,31)(H,26,27,29). The number of hydrogen-bond acceptors (Lipinski definition) is 9. The second-order valence-corrected chi connectivity index (χ2v) is 8.12. The van der Waals surface area contributed by atoms with E-state index in [0.717, 1.165) is 11.1 Å². The van der Waals surface area contributed by atoms with Crippen LogP contribution in [0.2, 0.25) is 0 Å². The molecule has 1 amide bonds. The molecule has 3 N–H and O–H groups in total. The number of fused-ring (bicyclic) bond motifs is 1. The fourth-order valence-electron chi connectivity index (χ4n) is 3.14. The summed E-state index contributed by atoms with van der Waals surface area (Å²) < 4.78 is 12.2. The van der Waals surface area contributed by atoms with E-state index >= 15 is 0 Å². The van der Waals surface area contributed by atoms with E-state index < -0.39 is 5.60 Å². The number of aromatic nitrogens is 5. The summed E-state index contributed by atoms with van der Waals surface area (Å²) in [7, 11) is 3.09. The van der Waals surface area contributed by atoms with E-state index in [0.29, 0.717) is 29.0 Å². The van der Waals surface area contributed by atoms with Crippen LogP contribution in [0.5, 0.6) is 11.6 Å². The van der Waals surface area contributed by atoms with Crippen molar-refractivity contribution in [3.05, 3.63) is 54.5 Å². The van der Waals surface area contributed by atoms with Crippen molar-refractivity contribution in [2.75, 3.05) is 26.1 Å². The van der Waals surface area contributed by atoms with Crippen molar-refractivity contribution in [2.24, 2.45) is 0 Å². The summed E-state index contributed by atoms with van der Waals surface area (Å²) in [6, 6.07) is 10.6. The number of amides is 1. The molecule has 11 heteroatoms. The van der Waals surface area contributed by atoms with Crippen molar-refractivity contribution in [1.82, 2.24) is 29.9 Å². The van der Waals surface area contributed by atoms with Crippen LogP contribution in [0, 0.1) is 0 Å². The molecule has 0 bridgehead atoms. The van der Waals surface area contributed by atoms with Crippen LogP contribution < -0.4 is 20.1 Å². The van der Waals surface area contributed by atoms with Gasteiger partial charge >= 0.3 is 0 Å². The number of hydrogen-bond donors (Lipinski definition) is 3. The Kier molecular flexibility index (Phi) is 6.28. The lowest BCUT2D eigenvalue weighted by Gasteiger charge is -2.17. The number of carbonyl (C=O) groups excluding carboxylic acids is 1. The van der Waals surface area contributed by atoms with Crippen molar-refractivity contribution in [1.29, 1.82) is 0 Å². The zero-order valence-electron chi connectivity index (χ0n) is 19.2.